The van der Waals surface area contributed by atoms with Crippen LogP contribution >= 0.6 is 0 Å². The molecule has 21 heavy (non-hydrogen) atoms. The Kier molecular flexibility index (Phi) is 5.83. The predicted molar refractivity (Wildman–Crippen MR) is 86.2 cm³/mol. The lowest BCUT2D eigenvalue weighted by atomic mass is 10.1. The molecule has 3 heteroatoms. The maximum atomic E-state index is 5.84. The van der Waals surface area contributed by atoms with Crippen LogP contribution in [0, 0.1) is 11.8 Å². The number of para-hydroxylation sites is 1. The first-order valence-electron chi connectivity index (χ1n) is 6.99. The van der Waals surface area contributed by atoms with E-state index in [0.717, 1.165) is 17.1 Å². The van der Waals surface area contributed by atoms with E-state index in [-0.39, 0.29) is 6.04 Å². The van der Waals surface area contributed by atoms with Crippen molar-refractivity contribution in [3.05, 3.63) is 60.2 Å². The van der Waals surface area contributed by atoms with Crippen LogP contribution in [-0.4, -0.2) is 13.1 Å². The molecule has 0 aliphatic rings. The van der Waals surface area contributed by atoms with Crippen LogP contribution in [0.5, 0.6) is 11.5 Å². The van der Waals surface area contributed by atoms with Gasteiger partial charge in [-0.3, -0.25) is 5.32 Å². The molecule has 3 nitrogen and oxygen atoms in total. The Morgan fingerprint density at radius 3 is 2.57 bits per heavy atom. The summed E-state index contributed by atoms with van der Waals surface area (Å²) in [4.78, 5) is 0. The Bertz CT molecular complexity index is 614. The molecule has 1 atom stereocenters. The van der Waals surface area contributed by atoms with E-state index in [1.165, 1.54) is 0 Å². The number of nitrogens with one attached hydrogen (secondary N) is 1. The van der Waals surface area contributed by atoms with Crippen LogP contribution in [-0.2, 0) is 0 Å². The highest BCUT2D eigenvalue weighted by Crippen LogP contribution is 2.24. The minimum Gasteiger partial charge on any atom is -0.457 e. The standard InChI is InChI=1S/C18H20N2O/c1-2-3-12-20-18(14-19)15-8-7-11-17(13-15)21-16-9-5-4-6-10-16/h4-11,13,18,20H,12,14,19H2,1H3. The van der Waals surface area contributed by atoms with Gasteiger partial charge in [0, 0.05) is 12.6 Å². The van der Waals surface area contributed by atoms with Crippen LogP contribution in [0.15, 0.2) is 54.6 Å². The monoisotopic (exact) mass is 280 g/mol. The number of hydrogen-bond donors (Lipinski definition) is 2. The van der Waals surface area contributed by atoms with E-state index < -0.39 is 0 Å². The first-order chi connectivity index (χ1) is 10.3. The van der Waals surface area contributed by atoms with Gasteiger partial charge in [0.25, 0.3) is 0 Å². The van der Waals surface area contributed by atoms with E-state index in [4.69, 9.17) is 10.5 Å². The lowest BCUT2D eigenvalue weighted by Gasteiger charge is -2.16. The molecule has 0 saturated carbocycles. The average molecular weight is 280 g/mol. The Morgan fingerprint density at radius 1 is 1.10 bits per heavy atom. The first kappa shape index (κ1) is 15.1. The summed E-state index contributed by atoms with van der Waals surface area (Å²) in [5.74, 6) is 7.48. The SMILES string of the molecule is CC#CCNC(CN)c1cccc(Oc2ccccc2)c1. The molecule has 0 spiro atoms. The van der Waals surface area contributed by atoms with Crippen molar-refractivity contribution in [2.45, 2.75) is 13.0 Å². The lowest BCUT2D eigenvalue weighted by molar-refractivity contribution is 0.479. The molecule has 0 amide bonds. The molecule has 2 aromatic rings. The second-order valence-electron chi connectivity index (χ2n) is 4.58. The summed E-state index contributed by atoms with van der Waals surface area (Å²) >= 11 is 0. The fraction of sp³-hybridized carbons (Fsp3) is 0.222. The quantitative estimate of drug-likeness (QED) is 0.799. The zero-order valence-corrected chi connectivity index (χ0v) is 12.2. The summed E-state index contributed by atoms with van der Waals surface area (Å²) in [6.45, 7) is 2.97. The van der Waals surface area contributed by atoms with E-state index in [2.05, 4.69) is 17.2 Å². The zero-order valence-electron chi connectivity index (χ0n) is 12.2. The maximum absolute atomic E-state index is 5.84. The molecule has 0 bridgehead atoms. The van der Waals surface area contributed by atoms with Crippen LogP contribution in [0.4, 0.5) is 0 Å². The van der Waals surface area contributed by atoms with Crippen molar-refractivity contribution in [1.29, 1.82) is 0 Å². The molecule has 2 rings (SSSR count). The molecule has 108 valence electrons. The van der Waals surface area contributed by atoms with Crippen molar-refractivity contribution < 1.29 is 4.74 Å². The minimum atomic E-state index is 0.0742. The number of benzene rings is 2. The third-order valence-corrected chi connectivity index (χ3v) is 3.09. The van der Waals surface area contributed by atoms with Crippen LogP contribution < -0.4 is 15.8 Å². The van der Waals surface area contributed by atoms with E-state index in [1.807, 2.05) is 61.5 Å². The highest BCUT2D eigenvalue weighted by molar-refractivity contribution is 5.35. The topological polar surface area (TPSA) is 47.3 Å². The van der Waals surface area contributed by atoms with Gasteiger partial charge in [-0.05, 0) is 36.8 Å². The summed E-state index contributed by atoms with van der Waals surface area (Å²) in [6, 6.07) is 17.8. The van der Waals surface area contributed by atoms with Gasteiger partial charge >= 0.3 is 0 Å². The van der Waals surface area contributed by atoms with Crippen molar-refractivity contribution in [3.63, 3.8) is 0 Å². The minimum absolute atomic E-state index is 0.0742. The Morgan fingerprint density at radius 2 is 1.86 bits per heavy atom. The van der Waals surface area contributed by atoms with Crippen LogP contribution in [0.2, 0.25) is 0 Å². The predicted octanol–water partition coefficient (Wildman–Crippen LogP) is 3.09. The molecule has 0 aliphatic carbocycles. The van der Waals surface area contributed by atoms with Gasteiger partial charge in [-0.15, -0.1) is 5.92 Å². The summed E-state index contributed by atoms with van der Waals surface area (Å²) in [6.07, 6.45) is 0. The van der Waals surface area contributed by atoms with Crippen molar-refractivity contribution in [2.75, 3.05) is 13.1 Å². The van der Waals surface area contributed by atoms with Gasteiger partial charge in [-0.2, -0.15) is 0 Å². The van der Waals surface area contributed by atoms with Crippen molar-refractivity contribution >= 4 is 0 Å². The van der Waals surface area contributed by atoms with Gasteiger partial charge in [0.1, 0.15) is 11.5 Å². The van der Waals surface area contributed by atoms with Gasteiger partial charge in [-0.25, -0.2) is 0 Å². The Hall–Kier alpha value is -2.28. The molecule has 2 aromatic carbocycles. The van der Waals surface area contributed by atoms with E-state index in [0.29, 0.717) is 13.1 Å². The van der Waals surface area contributed by atoms with Crippen LogP contribution in [0.1, 0.15) is 18.5 Å². The number of ether oxygens (including phenoxy) is 1. The third kappa shape index (κ3) is 4.64. The zero-order chi connectivity index (χ0) is 14.9. The summed E-state index contributed by atoms with van der Waals surface area (Å²) in [5, 5.41) is 3.32. The summed E-state index contributed by atoms with van der Waals surface area (Å²) < 4.78 is 5.84. The Balaban J connectivity index is 2.10. The molecule has 0 fully saturated rings. The Labute approximate surface area is 126 Å². The molecular formula is C18H20N2O. The molecule has 0 aromatic heterocycles. The van der Waals surface area contributed by atoms with E-state index in [1.54, 1.807) is 0 Å². The highest BCUT2D eigenvalue weighted by atomic mass is 16.5. The van der Waals surface area contributed by atoms with Gasteiger partial charge in [0.05, 0.1) is 6.54 Å². The number of hydrogen-bond acceptors (Lipinski definition) is 3. The fourth-order valence-electron chi connectivity index (χ4n) is 2.02. The van der Waals surface area contributed by atoms with Crippen molar-refractivity contribution in [3.8, 4) is 23.3 Å². The van der Waals surface area contributed by atoms with Crippen LogP contribution in [0.25, 0.3) is 0 Å². The average Bonchev–Trinajstić information content (AvgIpc) is 2.53. The van der Waals surface area contributed by atoms with Gasteiger partial charge < -0.3 is 10.5 Å². The highest BCUT2D eigenvalue weighted by Gasteiger charge is 2.09. The smallest absolute Gasteiger partial charge is 0.127 e. The first-order valence-corrected chi connectivity index (χ1v) is 6.99. The van der Waals surface area contributed by atoms with Crippen molar-refractivity contribution in [2.24, 2.45) is 5.73 Å². The van der Waals surface area contributed by atoms with Gasteiger partial charge in [0.2, 0.25) is 0 Å². The second kappa shape index (κ2) is 8.11. The number of rotatable bonds is 6. The number of nitrogens with two attached hydrogens (primary N) is 1. The lowest BCUT2D eigenvalue weighted by Crippen LogP contribution is -2.28. The summed E-state index contributed by atoms with van der Waals surface area (Å²) in [7, 11) is 0. The van der Waals surface area contributed by atoms with Crippen molar-refractivity contribution in [1.82, 2.24) is 5.32 Å². The third-order valence-electron chi connectivity index (χ3n) is 3.09. The van der Waals surface area contributed by atoms with E-state index >= 15 is 0 Å². The fourth-order valence-corrected chi connectivity index (χ4v) is 2.02. The largest absolute Gasteiger partial charge is 0.457 e. The molecule has 0 aliphatic heterocycles. The van der Waals surface area contributed by atoms with Crippen LogP contribution in [0.3, 0.4) is 0 Å². The van der Waals surface area contributed by atoms with Gasteiger partial charge in [0.15, 0.2) is 0 Å². The van der Waals surface area contributed by atoms with Gasteiger partial charge in [-0.1, -0.05) is 36.3 Å². The summed E-state index contributed by atoms with van der Waals surface area (Å²) in [5.41, 5.74) is 6.94. The molecule has 1 unspecified atom stereocenters. The normalized spacial score (nSPS) is 11.3. The molecule has 0 heterocycles. The molecule has 3 N–H and O–H groups in total. The van der Waals surface area contributed by atoms with E-state index in [9.17, 15) is 0 Å². The molecular weight excluding hydrogens is 260 g/mol. The maximum Gasteiger partial charge on any atom is 0.127 e. The molecule has 0 radical (unpaired) electrons. The second-order valence-corrected chi connectivity index (χ2v) is 4.58. The molecule has 0 saturated heterocycles.